The molecule has 0 fully saturated rings. The number of hydrogen-bond acceptors (Lipinski definition) is 3. The number of nitrogens with zero attached hydrogens (tertiary/aromatic N) is 2. The number of H-pyrrole nitrogens is 1. The van der Waals surface area contributed by atoms with Gasteiger partial charge in [-0.25, -0.2) is 9.37 Å². The first-order valence-corrected chi connectivity index (χ1v) is 4.71. The molecule has 0 aliphatic rings. The van der Waals surface area contributed by atoms with Crippen LogP contribution in [0, 0.1) is 17.1 Å². The first-order chi connectivity index (χ1) is 7.13. The van der Waals surface area contributed by atoms with Crippen molar-refractivity contribution in [2.24, 2.45) is 0 Å². The summed E-state index contributed by atoms with van der Waals surface area (Å²) in [5.74, 6) is -0.496. The van der Waals surface area contributed by atoms with Gasteiger partial charge in [-0.1, -0.05) is 0 Å². The third-order valence-electron chi connectivity index (χ3n) is 1.86. The predicted octanol–water partition coefficient (Wildman–Crippen LogP) is 1.70. The van der Waals surface area contributed by atoms with Crippen LogP contribution in [0.2, 0.25) is 0 Å². The minimum Gasteiger partial charge on any atom is -0.317 e. The summed E-state index contributed by atoms with van der Waals surface area (Å²) in [6, 6.07) is 4.26. The summed E-state index contributed by atoms with van der Waals surface area (Å²) in [5.41, 5.74) is -0.254. The molecule has 1 aromatic heterocycles. The summed E-state index contributed by atoms with van der Waals surface area (Å²) in [5, 5.41) is 8.58. The van der Waals surface area contributed by atoms with E-state index in [0.717, 1.165) is 0 Å². The number of hydrogen-bond donors (Lipinski definition) is 1. The van der Waals surface area contributed by atoms with Gasteiger partial charge in [0.15, 0.2) is 0 Å². The van der Waals surface area contributed by atoms with E-state index in [9.17, 15) is 9.18 Å². The lowest BCUT2D eigenvalue weighted by Gasteiger charge is -2.00. The molecule has 2 aromatic rings. The van der Waals surface area contributed by atoms with Crippen LogP contribution >= 0.6 is 15.9 Å². The average Bonchev–Trinajstić information content (AvgIpc) is 2.24. The summed E-state index contributed by atoms with van der Waals surface area (Å²) in [4.78, 5) is 17.4. The van der Waals surface area contributed by atoms with Crippen molar-refractivity contribution in [2.45, 2.75) is 0 Å². The normalized spacial score (nSPS) is 10.2. The fourth-order valence-corrected chi connectivity index (χ4v) is 1.61. The van der Waals surface area contributed by atoms with E-state index in [-0.39, 0.29) is 15.7 Å². The molecular weight excluding hydrogens is 265 g/mol. The molecule has 2 rings (SSSR count). The first kappa shape index (κ1) is 9.80. The third-order valence-corrected chi connectivity index (χ3v) is 2.64. The largest absolute Gasteiger partial charge is 0.317 e. The van der Waals surface area contributed by atoms with Crippen LogP contribution in [0.3, 0.4) is 0 Å². The molecular formula is C9H3BrFN3O. The standard InChI is InChI=1S/C9H3BrFN3O/c10-7-4(11)1-2-5-8(7)14-9(15)6(3-12)13-5/h1-2H,(H,14,15). The summed E-state index contributed by atoms with van der Waals surface area (Å²) in [6.07, 6.45) is 0. The van der Waals surface area contributed by atoms with E-state index in [0.29, 0.717) is 5.52 Å². The van der Waals surface area contributed by atoms with Gasteiger partial charge in [0.2, 0.25) is 5.69 Å². The summed E-state index contributed by atoms with van der Waals surface area (Å²) >= 11 is 2.99. The second kappa shape index (κ2) is 3.44. The highest BCUT2D eigenvalue weighted by atomic mass is 79.9. The quantitative estimate of drug-likeness (QED) is 0.790. The van der Waals surface area contributed by atoms with E-state index in [1.165, 1.54) is 12.1 Å². The van der Waals surface area contributed by atoms with Gasteiger partial charge in [-0.2, -0.15) is 5.26 Å². The van der Waals surface area contributed by atoms with Crippen molar-refractivity contribution in [3.8, 4) is 6.07 Å². The highest BCUT2D eigenvalue weighted by Crippen LogP contribution is 2.22. The van der Waals surface area contributed by atoms with Gasteiger partial charge in [0.05, 0.1) is 15.5 Å². The Morgan fingerprint density at radius 2 is 2.27 bits per heavy atom. The van der Waals surface area contributed by atoms with Gasteiger partial charge in [0, 0.05) is 0 Å². The number of aromatic nitrogens is 2. The van der Waals surface area contributed by atoms with Gasteiger partial charge in [-0.05, 0) is 28.1 Å². The van der Waals surface area contributed by atoms with Crippen molar-refractivity contribution >= 4 is 27.0 Å². The Morgan fingerprint density at radius 1 is 1.53 bits per heavy atom. The Morgan fingerprint density at radius 3 is 2.93 bits per heavy atom. The van der Waals surface area contributed by atoms with E-state index < -0.39 is 11.4 Å². The van der Waals surface area contributed by atoms with Crippen LogP contribution < -0.4 is 5.56 Å². The van der Waals surface area contributed by atoms with Crippen LogP contribution in [-0.2, 0) is 0 Å². The maximum absolute atomic E-state index is 13.1. The van der Waals surface area contributed by atoms with E-state index in [2.05, 4.69) is 25.9 Å². The molecule has 15 heavy (non-hydrogen) atoms. The highest BCUT2D eigenvalue weighted by molar-refractivity contribution is 9.10. The Kier molecular flexibility index (Phi) is 2.25. The van der Waals surface area contributed by atoms with Gasteiger partial charge in [0.1, 0.15) is 11.9 Å². The molecule has 74 valence electrons. The Hall–Kier alpha value is -1.74. The summed E-state index contributed by atoms with van der Waals surface area (Å²) in [7, 11) is 0. The van der Waals surface area contributed by atoms with Crippen molar-refractivity contribution in [3.63, 3.8) is 0 Å². The lowest BCUT2D eigenvalue weighted by molar-refractivity contribution is 0.623. The molecule has 0 saturated heterocycles. The lowest BCUT2D eigenvalue weighted by Crippen LogP contribution is -2.12. The van der Waals surface area contributed by atoms with Crippen LogP contribution in [-0.4, -0.2) is 9.97 Å². The van der Waals surface area contributed by atoms with E-state index in [1.54, 1.807) is 6.07 Å². The smallest absolute Gasteiger partial charge is 0.285 e. The zero-order chi connectivity index (χ0) is 11.0. The maximum atomic E-state index is 13.1. The van der Waals surface area contributed by atoms with Crippen molar-refractivity contribution in [2.75, 3.05) is 0 Å². The lowest BCUT2D eigenvalue weighted by atomic mass is 10.3. The maximum Gasteiger partial charge on any atom is 0.285 e. The van der Waals surface area contributed by atoms with E-state index in [4.69, 9.17) is 5.26 Å². The molecule has 6 heteroatoms. The zero-order valence-corrected chi connectivity index (χ0v) is 8.80. The molecule has 0 aliphatic carbocycles. The van der Waals surface area contributed by atoms with Gasteiger partial charge in [0.25, 0.3) is 5.56 Å². The van der Waals surface area contributed by atoms with Crippen LogP contribution in [0.1, 0.15) is 5.69 Å². The van der Waals surface area contributed by atoms with Crippen LogP contribution in [0.4, 0.5) is 4.39 Å². The van der Waals surface area contributed by atoms with E-state index in [1.807, 2.05) is 0 Å². The molecule has 1 heterocycles. The minimum atomic E-state index is -0.628. The Bertz CT molecular complexity index is 644. The molecule has 0 radical (unpaired) electrons. The predicted molar refractivity (Wildman–Crippen MR) is 54.7 cm³/mol. The second-order valence-corrected chi connectivity index (χ2v) is 3.57. The number of halogens is 2. The number of benzene rings is 1. The van der Waals surface area contributed by atoms with Crippen LogP contribution in [0.5, 0.6) is 0 Å². The first-order valence-electron chi connectivity index (χ1n) is 3.91. The van der Waals surface area contributed by atoms with E-state index >= 15 is 0 Å². The summed E-state index contributed by atoms with van der Waals surface area (Å²) in [6.45, 7) is 0. The van der Waals surface area contributed by atoms with Crippen molar-refractivity contribution < 1.29 is 4.39 Å². The average molecular weight is 268 g/mol. The SMILES string of the molecule is N#Cc1nc2ccc(F)c(Br)c2[nH]c1=O. The van der Waals surface area contributed by atoms with Gasteiger partial charge in [-0.3, -0.25) is 4.79 Å². The molecule has 1 aromatic carbocycles. The number of aromatic amines is 1. The highest BCUT2D eigenvalue weighted by Gasteiger charge is 2.09. The molecule has 0 unspecified atom stereocenters. The molecule has 4 nitrogen and oxygen atoms in total. The molecule has 0 aliphatic heterocycles. The molecule has 1 N–H and O–H groups in total. The molecule has 0 saturated carbocycles. The monoisotopic (exact) mass is 267 g/mol. The minimum absolute atomic E-state index is 0.133. The molecule has 0 spiro atoms. The van der Waals surface area contributed by atoms with Gasteiger partial charge < -0.3 is 4.98 Å². The molecule has 0 atom stereocenters. The summed E-state index contributed by atoms with van der Waals surface area (Å²) < 4.78 is 13.2. The van der Waals surface area contributed by atoms with Crippen molar-refractivity contribution in [3.05, 3.63) is 38.5 Å². The van der Waals surface area contributed by atoms with Crippen molar-refractivity contribution in [1.29, 1.82) is 5.26 Å². The van der Waals surface area contributed by atoms with Crippen LogP contribution in [0.25, 0.3) is 11.0 Å². The molecule has 0 bridgehead atoms. The van der Waals surface area contributed by atoms with Gasteiger partial charge in [-0.15, -0.1) is 0 Å². The number of nitrogens with one attached hydrogen (secondary N) is 1. The van der Waals surface area contributed by atoms with Gasteiger partial charge >= 0.3 is 0 Å². The molecule has 0 amide bonds. The van der Waals surface area contributed by atoms with Crippen molar-refractivity contribution in [1.82, 2.24) is 9.97 Å². The Labute approximate surface area is 91.5 Å². The topological polar surface area (TPSA) is 69.5 Å². The number of rotatable bonds is 0. The second-order valence-electron chi connectivity index (χ2n) is 2.78. The van der Waals surface area contributed by atoms with Crippen LogP contribution in [0.15, 0.2) is 21.4 Å². The number of nitriles is 1. The number of fused-ring (bicyclic) bond motifs is 1. The fraction of sp³-hybridized carbons (Fsp3) is 0. The Balaban J connectivity index is 2.95. The third kappa shape index (κ3) is 1.51. The fourth-order valence-electron chi connectivity index (χ4n) is 1.17. The zero-order valence-electron chi connectivity index (χ0n) is 7.21.